The van der Waals surface area contributed by atoms with E-state index in [2.05, 4.69) is 10.6 Å². The maximum absolute atomic E-state index is 14.0. The Morgan fingerprint density at radius 2 is 1.93 bits per heavy atom. The summed E-state index contributed by atoms with van der Waals surface area (Å²) in [6.07, 6.45) is 8.51. The lowest BCUT2D eigenvalue weighted by atomic mass is 10.0. The number of rotatable bonds is 3. The first kappa shape index (κ1) is 11.3. The van der Waals surface area contributed by atoms with Gasteiger partial charge in [0.2, 0.25) is 0 Å². The van der Waals surface area contributed by atoms with Crippen molar-refractivity contribution in [2.24, 2.45) is 0 Å². The van der Waals surface area contributed by atoms with Crippen LogP contribution in [-0.4, -0.2) is 31.3 Å². The first-order valence-electron chi connectivity index (χ1n) is 6.42. The summed E-state index contributed by atoms with van der Waals surface area (Å²) in [4.78, 5) is 0. The van der Waals surface area contributed by atoms with Gasteiger partial charge in [0.1, 0.15) is 5.67 Å². The highest BCUT2D eigenvalue weighted by molar-refractivity contribution is 4.91. The zero-order chi connectivity index (χ0) is 10.6. The fourth-order valence-corrected chi connectivity index (χ4v) is 2.67. The van der Waals surface area contributed by atoms with Gasteiger partial charge in [0.05, 0.1) is 0 Å². The number of hydrogen-bond donors (Lipinski definition) is 2. The molecule has 2 aliphatic rings. The Morgan fingerprint density at radius 1 is 1.20 bits per heavy atom. The molecule has 0 spiro atoms. The number of nitrogens with one attached hydrogen (secondary N) is 2. The summed E-state index contributed by atoms with van der Waals surface area (Å²) >= 11 is 0. The molecule has 0 aromatic carbocycles. The third kappa shape index (κ3) is 3.42. The number of alkyl halides is 1. The topological polar surface area (TPSA) is 24.1 Å². The van der Waals surface area contributed by atoms with E-state index in [1.807, 2.05) is 0 Å². The van der Waals surface area contributed by atoms with Gasteiger partial charge < -0.3 is 10.6 Å². The SMILES string of the molecule is FC1(CNC2CCCCCC2)CCNC1. The molecule has 1 saturated heterocycles. The van der Waals surface area contributed by atoms with Gasteiger partial charge in [0.25, 0.3) is 0 Å². The fourth-order valence-electron chi connectivity index (χ4n) is 2.67. The van der Waals surface area contributed by atoms with Crippen LogP contribution in [0.4, 0.5) is 4.39 Å². The van der Waals surface area contributed by atoms with E-state index in [4.69, 9.17) is 0 Å². The number of halogens is 1. The van der Waals surface area contributed by atoms with Gasteiger partial charge in [-0.05, 0) is 25.8 Å². The highest BCUT2D eigenvalue weighted by Gasteiger charge is 2.33. The molecule has 3 heteroatoms. The summed E-state index contributed by atoms with van der Waals surface area (Å²) in [6.45, 7) is 1.92. The Balaban J connectivity index is 1.71. The summed E-state index contributed by atoms with van der Waals surface area (Å²) < 4.78 is 14.0. The minimum atomic E-state index is -0.980. The maximum Gasteiger partial charge on any atom is 0.136 e. The Hall–Kier alpha value is -0.150. The van der Waals surface area contributed by atoms with Gasteiger partial charge in [-0.15, -0.1) is 0 Å². The molecule has 1 aliphatic heterocycles. The molecule has 1 aliphatic carbocycles. The Labute approximate surface area is 92.0 Å². The molecule has 0 bridgehead atoms. The van der Waals surface area contributed by atoms with Crippen molar-refractivity contribution in [2.45, 2.75) is 56.7 Å². The smallest absolute Gasteiger partial charge is 0.136 e. The van der Waals surface area contributed by atoms with Crippen LogP contribution in [0.15, 0.2) is 0 Å². The van der Waals surface area contributed by atoms with Gasteiger partial charge in [-0.25, -0.2) is 4.39 Å². The van der Waals surface area contributed by atoms with E-state index in [-0.39, 0.29) is 0 Å². The van der Waals surface area contributed by atoms with Gasteiger partial charge in [-0.1, -0.05) is 25.7 Å². The summed E-state index contributed by atoms with van der Waals surface area (Å²) in [5.41, 5.74) is -0.980. The largest absolute Gasteiger partial charge is 0.313 e. The van der Waals surface area contributed by atoms with Crippen molar-refractivity contribution in [3.8, 4) is 0 Å². The molecular weight excluding hydrogens is 191 g/mol. The van der Waals surface area contributed by atoms with Crippen LogP contribution in [-0.2, 0) is 0 Å². The van der Waals surface area contributed by atoms with Crippen LogP contribution in [0.2, 0.25) is 0 Å². The van der Waals surface area contributed by atoms with E-state index in [0.29, 0.717) is 25.6 Å². The van der Waals surface area contributed by atoms with Crippen LogP contribution in [0, 0.1) is 0 Å². The van der Waals surface area contributed by atoms with Crippen molar-refractivity contribution in [1.82, 2.24) is 10.6 Å². The van der Waals surface area contributed by atoms with E-state index in [1.54, 1.807) is 0 Å². The van der Waals surface area contributed by atoms with Gasteiger partial charge in [-0.3, -0.25) is 0 Å². The van der Waals surface area contributed by atoms with Gasteiger partial charge in [-0.2, -0.15) is 0 Å². The predicted molar refractivity (Wildman–Crippen MR) is 60.8 cm³/mol. The van der Waals surface area contributed by atoms with Gasteiger partial charge >= 0.3 is 0 Å². The molecule has 0 amide bonds. The lowest BCUT2D eigenvalue weighted by Gasteiger charge is -2.23. The van der Waals surface area contributed by atoms with E-state index in [0.717, 1.165) is 6.54 Å². The zero-order valence-electron chi connectivity index (χ0n) is 9.53. The predicted octanol–water partition coefficient (Wildman–Crippen LogP) is 2.00. The molecule has 1 saturated carbocycles. The quantitative estimate of drug-likeness (QED) is 0.702. The van der Waals surface area contributed by atoms with Crippen LogP contribution in [0.3, 0.4) is 0 Å². The molecule has 1 heterocycles. The molecule has 1 unspecified atom stereocenters. The molecular formula is C12H23FN2. The van der Waals surface area contributed by atoms with Crippen LogP contribution in [0.25, 0.3) is 0 Å². The van der Waals surface area contributed by atoms with Gasteiger partial charge in [0, 0.05) is 19.1 Å². The third-order valence-corrected chi connectivity index (χ3v) is 3.75. The van der Waals surface area contributed by atoms with Crippen LogP contribution >= 0.6 is 0 Å². The Morgan fingerprint density at radius 3 is 2.53 bits per heavy atom. The maximum atomic E-state index is 14.0. The molecule has 1 atom stereocenters. The van der Waals surface area contributed by atoms with Crippen molar-refractivity contribution in [3.05, 3.63) is 0 Å². The van der Waals surface area contributed by atoms with Crippen molar-refractivity contribution in [2.75, 3.05) is 19.6 Å². The fraction of sp³-hybridized carbons (Fsp3) is 1.00. The molecule has 2 N–H and O–H groups in total. The average molecular weight is 214 g/mol. The molecule has 2 nitrogen and oxygen atoms in total. The first-order valence-corrected chi connectivity index (χ1v) is 6.42. The van der Waals surface area contributed by atoms with Crippen LogP contribution < -0.4 is 10.6 Å². The molecule has 0 aromatic heterocycles. The van der Waals surface area contributed by atoms with E-state index in [1.165, 1.54) is 38.5 Å². The molecule has 0 aromatic rings. The van der Waals surface area contributed by atoms with E-state index in [9.17, 15) is 4.39 Å². The van der Waals surface area contributed by atoms with Gasteiger partial charge in [0.15, 0.2) is 0 Å². The summed E-state index contributed by atoms with van der Waals surface area (Å²) in [7, 11) is 0. The highest BCUT2D eigenvalue weighted by atomic mass is 19.1. The normalized spacial score (nSPS) is 34.2. The third-order valence-electron chi connectivity index (χ3n) is 3.75. The standard InChI is InChI=1S/C12H23FN2/c13-12(7-8-14-9-12)10-15-11-5-3-1-2-4-6-11/h11,14-15H,1-10H2. The Bertz CT molecular complexity index is 182. The van der Waals surface area contributed by atoms with Crippen molar-refractivity contribution < 1.29 is 4.39 Å². The molecule has 88 valence electrons. The van der Waals surface area contributed by atoms with E-state index >= 15 is 0 Å². The molecule has 0 radical (unpaired) electrons. The lowest BCUT2D eigenvalue weighted by Crippen LogP contribution is -2.42. The Kier molecular flexibility index (Phi) is 3.98. The van der Waals surface area contributed by atoms with Crippen LogP contribution in [0.1, 0.15) is 44.9 Å². The summed E-state index contributed by atoms with van der Waals surface area (Å²) in [5, 5.41) is 6.53. The first-order chi connectivity index (χ1) is 7.29. The second kappa shape index (κ2) is 5.26. The molecule has 15 heavy (non-hydrogen) atoms. The minimum Gasteiger partial charge on any atom is -0.313 e. The molecule has 2 fully saturated rings. The number of hydrogen-bond acceptors (Lipinski definition) is 2. The average Bonchev–Trinajstić information content (AvgIpc) is 2.53. The highest BCUT2D eigenvalue weighted by Crippen LogP contribution is 2.21. The monoisotopic (exact) mass is 214 g/mol. The summed E-state index contributed by atoms with van der Waals surface area (Å²) in [5.74, 6) is 0. The van der Waals surface area contributed by atoms with Crippen molar-refractivity contribution >= 4 is 0 Å². The van der Waals surface area contributed by atoms with E-state index < -0.39 is 5.67 Å². The second-order valence-electron chi connectivity index (χ2n) is 5.15. The van der Waals surface area contributed by atoms with Crippen LogP contribution in [0.5, 0.6) is 0 Å². The minimum absolute atomic E-state index is 0.534. The van der Waals surface area contributed by atoms with Crippen molar-refractivity contribution in [3.63, 3.8) is 0 Å². The van der Waals surface area contributed by atoms with Crippen molar-refractivity contribution in [1.29, 1.82) is 0 Å². The summed E-state index contributed by atoms with van der Waals surface area (Å²) in [6, 6.07) is 0.570. The lowest BCUT2D eigenvalue weighted by molar-refractivity contribution is 0.176. The second-order valence-corrected chi connectivity index (χ2v) is 5.15. The molecule has 2 rings (SSSR count). The zero-order valence-corrected chi connectivity index (χ0v) is 9.53.